The molecule has 4 heteroatoms. The van der Waals surface area contributed by atoms with Crippen molar-refractivity contribution in [2.45, 2.75) is 37.8 Å². The Morgan fingerprint density at radius 2 is 2.43 bits per heavy atom. The summed E-state index contributed by atoms with van der Waals surface area (Å²) in [4.78, 5) is 0. The maximum absolute atomic E-state index is 9.41. The van der Waals surface area contributed by atoms with Crippen molar-refractivity contribution in [1.29, 1.82) is 0 Å². The summed E-state index contributed by atoms with van der Waals surface area (Å²) in [6, 6.07) is 0.386. The lowest BCUT2D eigenvalue weighted by Crippen LogP contribution is -2.07. The topological polar surface area (TPSA) is 64.1 Å². The van der Waals surface area contributed by atoms with Gasteiger partial charge in [0, 0.05) is 6.20 Å². The lowest BCUT2D eigenvalue weighted by Gasteiger charge is -2.08. The van der Waals surface area contributed by atoms with Crippen molar-refractivity contribution in [3.63, 3.8) is 0 Å². The molecule has 2 unspecified atom stereocenters. The Balaban J connectivity index is 2.02. The van der Waals surface area contributed by atoms with Crippen LogP contribution in [0.25, 0.3) is 0 Å². The molecule has 1 aliphatic rings. The summed E-state index contributed by atoms with van der Waals surface area (Å²) in [5, 5.41) is 13.7. The van der Waals surface area contributed by atoms with Gasteiger partial charge in [-0.3, -0.25) is 4.68 Å². The highest BCUT2D eigenvalue weighted by Crippen LogP contribution is 2.29. The van der Waals surface area contributed by atoms with Crippen LogP contribution in [0.3, 0.4) is 0 Å². The fraction of sp³-hybridized carbons (Fsp3) is 0.700. The van der Waals surface area contributed by atoms with Crippen molar-refractivity contribution in [3.05, 3.63) is 18.0 Å². The molecule has 78 valence electrons. The van der Waals surface area contributed by atoms with Crippen molar-refractivity contribution in [1.82, 2.24) is 9.78 Å². The van der Waals surface area contributed by atoms with Crippen LogP contribution in [0.15, 0.2) is 12.4 Å². The molecule has 0 radical (unpaired) electrons. The zero-order valence-electron chi connectivity index (χ0n) is 8.26. The summed E-state index contributed by atoms with van der Waals surface area (Å²) in [5.74, 6) is 0. The van der Waals surface area contributed by atoms with E-state index in [0.29, 0.717) is 12.6 Å². The van der Waals surface area contributed by atoms with E-state index in [1.807, 2.05) is 10.9 Å². The summed E-state index contributed by atoms with van der Waals surface area (Å²) in [6.45, 7) is 0.666. The van der Waals surface area contributed by atoms with Crippen molar-refractivity contribution < 1.29 is 5.11 Å². The van der Waals surface area contributed by atoms with Crippen LogP contribution in [0.5, 0.6) is 0 Å². The van der Waals surface area contributed by atoms with Gasteiger partial charge in [-0.25, -0.2) is 0 Å². The number of rotatable bonds is 3. The number of aromatic nitrogens is 2. The minimum atomic E-state index is -0.137. The van der Waals surface area contributed by atoms with Crippen LogP contribution in [0.1, 0.15) is 30.9 Å². The highest BCUT2D eigenvalue weighted by Gasteiger charge is 2.24. The number of hydrogen-bond donors (Lipinski definition) is 2. The molecule has 1 aromatic rings. The van der Waals surface area contributed by atoms with Crippen LogP contribution in [-0.4, -0.2) is 27.5 Å². The van der Waals surface area contributed by atoms with Gasteiger partial charge in [-0.2, -0.15) is 5.10 Å². The molecule has 1 aliphatic carbocycles. The molecule has 1 aromatic heterocycles. The van der Waals surface area contributed by atoms with E-state index in [9.17, 15) is 5.11 Å². The number of aliphatic hydroxyl groups excluding tert-OH is 1. The van der Waals surface area contributed by atoms with Crippen LogP contribution in [0.4, 0.5) is 0 Å². The third kappa shape index (κ3) is 1.96. The average molecular weight is 195 g/mol. The Bertz CT molecular complexity index is 297. The second kappa shape index (κ2) is 4.11. The number of aliphatic hydroxyl groups is 1. The Labute approximate surface area is 83.7 Å². The second-order valence-corrected chi connectivity index (χ2v) is 3.99. The molecule has 0 aliphatic heterocycles. The zero-order chi connectivity index (χ0) is 9.97. The van der Waals surface area contributed by atoms with E-state index in [1.54, 1.807) is 0 Å². The average Bonchev–Trinajstić information content (AvgIpc) is 2.74. The first-order chi connectivity index (χ1) is 6.79. The molecule has 0 bridgehead atoms. The zero-order valence-corrected chi connectivity index (χ0v) is 8.26. The first kappa shape index (κ1) is 9.68. The molecule has 2 atom stereocenters. The fourth-order valence-corrected chi connectivity index (χ4v) is 2.05. The molecule has 1 heterocycles. The van der Waals surface area contributed by atoms with Gasteiger partial charge in [-0.05, 0) is 37.8 Å². The van der Waals surface area contributed by atoms with Crippen molar-refractivity contribution >= 4 is 0 Å². The molecule has 0 spiro atoms. The maximum atomic E-state index is 9.41. The van der Waals surface area contributed by atoms with Crippen LogP contribution in [-0.2, 0) is 6.42 Å². The Morgan fingerprint density at radius 3 is 3.07 bits per heavy atom. The highest BCUT2D eigenvalue weighted by atomic mass is 16.3. The van der Waals surface area contributed by atoms with Crippen molar-refractivity contribution in [3.8, 4) is 0 Å². The predicted octanol–water partition coefficient (Wildman–Crippen LogP) is 0.470. The SMILES string of the molecule is NCCc1cnn(C2CCC(O)C2)c1. The van der Waals surface area contributed by atoms with E-state index in [4.69, 9.17) is 5.73 Å². The molecule has 0 aromatic carbocycles. The highest BCUT2D eigenvalue weighted by molar-refractivity contribution is 5.05. The molecule has 0 saturated heterocycles. The molecule has 1 saturated carbocycles. The van der Waals surface area contributed by atoms with Crippen LogP contribution >= 0.6 is 0 Å². The van der Waals surface area contributed by atoms with Gasteiger partial charge in [0.25, 0.3) is 0 Å². The maximum Gasteiger partial charge on any atom is 0.0561 e. The van der Waals surface area contributed by atoms with E-state index >= 15 is 0 Å². The van der Waals surface area contributed by atoms with Crippen molar-refractivity contribution in [2.24, 2.45) is 5.73 Å². The molecule has 1 fully saturated rings. The van der Waals surface area contributed by atoms with E-state index < -0.39 is 0 Å². The largest absolute Gasteiger partial charge is 0.393 e. The van der Waals surface area contributed by atoms with Gasteiger partial charge < -0.3 is 10.8 Å². The van der Waals surface area contributed by atoms with Gasteiger partial charge >= 0.3 is 0 Å². The van der Waals surface area contributed by atoms with Crippen LogP contribution in [0.2, 0.25) is 0 Å². The molecular formula is C10H17N3O. The Kier molecular flexibility index (Phi) is 2.84. The third-order valence-electron chi connectivity index (χ3n) is 2.84. The summed E-state index contributed by atoms with van der Waals surface area (Å²) in [5.41, 5.74) is 6.66. The quantitative estimate of drug-likeness (QED) is 0.737. The summed E-state index contributed by atoms with van der Waals surface area (Å²) in [7, 11) is 0. The first-order valence-electron chi connectivity index (χ1n) is 5.20. The second-order valence-electron chi connectivity index (χ2n) is 3.99. The Hall–Kier alpha value is -0.870. The van der Waals surface area contributed by atoms with Crippen molar-refractivity contribution in [2.75, 3.05) is 6.54 Å². The van der Waals surface area contributed by atoms with Gasteiger partial charge in [0.15, 0.2) is 0 Å². The van der Waals surface area contributed by atoms with Gasteiger partial charge in [-0.15, -0.1) is 0 Å². The normalized spacial score (nSPS) is 27.0. The van der Waals surface area contributed by atoms with Crippen LogP contribution < -0.4 is 5.73 Å². The smallest absolute Gasteiger partial charge is 0.0561 e. The number of nitrogens with two attached hydrogens (primary N) is 1. The summed E-state index contributed by atoms with van der Waals surface area (Å²) >= 11 is 0. The third-order valence-corrected chi connectivity index (χ3v) is 2.84. The van der Waals surface area contributed by atoms with E-state index in [1.165, 1.54) is 5.56 Å². The standard InChI is InChI=1S/C10H17N3O/c11-4-3-8-6-12-13(7-8)9-1-2-10(14)5-9/h6-7,9-10,14H,1-5,11H2. The molecule has 4 nitrogen and oxygen atoms in total. The minimum absolute atomic E-state index is 0.137. The minimum Gasteiger partial charge on any atom is -0.393 e. The molecule has 3 N–H and O–H groups in total. The lowest BCUT2D eigenvalue weighted by atomic mass is 10.2. The number of nitrogens with zero attached hydrogens (tertiary/aromatic N) is 2. The summed E-state index contributed by atoms with van der Waals surface area (Å²) < 4.78 is 1.97. The Morgan fingerprint density at radius 1 is 1.57 bits per heavy atom. The molecule has 2 rings (SSSR count). The predicted molar refractivity (Wildman–Crippen MR) is 53.9 cm³/mol. The van der Waals surface area contributed by atoms with Gasteiger partial charge in [-0.1, -0.05) is 0 Å². The van der Waals surface area contributed by atoms with E-state index in [-0.39, 0.29) is 6.10 Å². The molecule has 0 amide bonds. The number of hydrogen-bond acceptors (Lipinski definition) is 3. The van der Waals surface area contributed by atoms with E-state index in [2.05, 4.69) is 11.3 Å². The molecular weight excluding hydrogens is 178 g/mol. The summed E-state index contributed by atoms with van der Waals surface area (Å²) in [6.07, 6.45) is 7.44. The fourth-order valence-electron chi connectivity index (χ4n) is 2.05. The first-order valence-corrected chi connectivity index (χ1v) is 5.20. The van der Waals surface area contributed by atoms with Gasteiger partial charge in [0.2, 0.25) is 0 Å². The van der Waals surface area contributed by atoms with Gasteiger partial charge in [0.05, 0.1) is 18.3 Å². The monoisotopic (exact) mass is 195 g/mol. The lowest BCUT2D eigenvalue weighted by molar-refractivity contribution is 0.177. The molecule has 14 heavy (non-hydrogen) atoms. The van der Waals surface area contributed by atoms with Gasteiger partial charge in [0.1, 0.15) is 0 Å². The van der Waals surface area contributed by atoms with Crippen LogP contribution in [0, 0.1) is 0 Å². The van der Waals surface area contributed by atoms with E-state index in [0.717, 1.165) is 25.7 Å².